The van der Waals surface area contributed by atoms with E-state index in [1.807, 2.05) is 5.38 Å². The molecule has 0 aliphatic carbocycles. The van der Waals surface area contributed by atoms with Gasteiger partial charge in [0.2, 0.25) is 5.95 Å². The van der Waals surface area contributed by atoms with Gasteiger partial charge in [-0.3, -0.25) is 4.57 Å². The summed E-state index contributed by atoms with van der Waals surface area (Å²) in [7, 11) is 0. The molecule has 160 valence electrons. The zero-order chi connectivity index (χ0) is 21.1. The van der Waals surface area contributed by atoms with Crippen LogP contribution in [0.4, 0.5) is 23.5 Å². The SMILES string of the molecule is Fc1ccc(-c2nc(CSc3nnc(N4CCOCC4)n3CC(F)(F)F)cs2)cc1. The predicted octanol–water partition coefficient (Wildman–Crippen LogP) is 4.23. The van der Waals surface area contributed by atoms with Crippen LogP contribution in [0.15, 0.2) is 34.8 Å². The fraction of sp³-hybridized carbons (Fsp3) is 0.389. The molecule has 3 aromatic rings. The number of nitrogens with zero attached hydrogens (tertiary/aromatic N) is 5. The van der Waals surface area contributed by atoms with Crippen molar-refractivity contribution >= 4 is 29.0 Å². The van der Waals surface area contributed by atoms with E-state index >= 15 is 0 Å². The Morgan fingerprint density at radius 2 is 1.83 bits per heavy atom. The highest BCUT2D eigenvalue weighted by atomic mass is 32.2. The summed E-state index contributed by atoms with van der Waals surface area (Å²) in [5.41, 5.74) is 1.49. The van der Waals surface area contributed by atoms with E-state index in [0.29, 0.717) is 37.8 Å². The largest absolute Gasteiger partial charge is 0.406 e. The Balaban J connectivity index is 1.50. The molecule has 0 saturated carbocycles. The minimum atomic E-state index is -4.39. The molecule has 0 spiro atoms. The van der Waals surface area contributed by atoms with Crippen LogP contribution in [0, 0.1) is 5.82 Å². The third-order valence-corrected chi connectivity index (χ3v) is 6.26. The summed E-state index contributed by atoms with van der Waals surface area (Å²) in [5.74, 6) is 0.214. The summed E-state index contributed by atoms with van der Waals surface area (Å²) >= 11 is 2.55. The number of hydrogen-bond donors (Lipinski definition) is 0. The number of thioether (sulfide) groups is 1. The number of ether oxygens (including phenoxy) is 1. The van der Waals surface area contributed by atoms with Gasteiger partial charge < -0.3 is 9.64 Å². The maximum atomic E-state index is 13.2. The molecule has 4 rings (SSSR count). The first-order chi connectivity index (χ1) is 14.4. The summed E-state index contributed by atoms with van der Waals surface area (Å²) in [6.07, 6.45) is -4.39. The van der Waals surface area contributed by atoms with Gasteiger partial charge in [0.25, 0.3) is 0 Å². The van der Waals surface area contributed by atoms with E-state index in [-0.39, 0.29) is 16.9 Å². The first-order valence-electron chi connectivity index (χ1n) is 9.05. The molecule has 1 aliphatic rings. The lowest BCUT2D eigenvalue weighted by Gasteiger charge is -2.28. The first-order valence-corrected chi connectivity index (χ1v) is 10.9. The predicted molar refractivity (Wildman–Crippen MR) is 106 cm³/mol. The third-order valence-electron chi connectivity index (χ3n) is 4.32. The van der Waals surface area contributed by atoms with Crippen LogP contribution in [0.5, 0.6) is 0 Å². The van der Waals surface area contributed by atoms with Gasteiger partial charge in [-0.15, -0.1) is 21.5 Å². The zero-order valence-electron chi connectivity index (χ0n) is 15.6. The van der Waals surface area contributed by atoms with Gasteiger partial charge in [-0.25, -0.2) is 9.37 Å². The average Bonchev–Trinajstić information content (AvgIpc) is 3.34. The van der Waals surface area contributed by atoms with Gasteiger partial charge in [0, 0.05) is 29.8 Å². The molecule has 6 nitrogen and oxygen atoms in total. The average molecular weight is 459 g/mol. The van der Waals surface area contributed by atoms with Crippen LogP contribution in [0.25, 0.3) is 10.6 Å². The first kappa shape index (κ1) is 21.1. The lowest BCUT2D eigenvalue weighted by atomic mass is 10.2. The van der Waals surface area contributed by atoms with Crippen molar-refractivity contribution in [2.45, 2.75) is 23.6 Å². The number of hydrogen-bond acceptors (Lipinski definition) is 7. The highest BCUT2D eigenvalue weighted by Crippen LogP contribution is 2.31. The smallest absolute Gasteiger partial charge is 0.378 e. The molecule has 0 atom stereocenters. The fourth-order valence-corrected chi connectivity index (χ4v) is 4.70. The van der Waals surface area contributed by atoms with Crippen LogP contribution >= 0.6 is 23.1 Å². The molecule has 1 saturated heterocycles. The summed E-state index contributed by atoms with van der Waals surface area (Å²) in [6, 6.07) is 6.00. The minimum absolute atomic E-state index is 0.185. The van der Waals surface area contributed by atoms with Crippen LogP contribution < -0.4 is 4.90 Å². The third kappa shape index (κ3) is 5.10. The Kier molecular flexibility index (Phi) is 6.25. The van der Waals surface area contributed by atoms with Crippen molar-refractivity contribution in [3.05, 3.63) is 41.2 Å². The van der Waals surface area contributed by atoms with E-state index in [1.54, 1.807) is 17.0 Å². The number of benzene rings is 1. The number of alkyl halides is 3. The van der Waals surface area contributed by atoms with Gasteiger partial charge in [0.1, 0.15) is 17.4 Å². The summed E-state index contributed by atoms with van der Waals surface area (Å²) in [4.78, 5) is 6.25. The Hall–Kier alpha value is -2.18. The van der Waals surface area contributed by atoms with Crippen molar-refractivity contribution in [3.63, 3.8) is 0 Å². The van der Waals surface area contributed by atoms with E-state index < -0.39 is 12.7 Å². The highest BCUT2D eigenvalue weighted by Gasteiger charge is 2.32. The Morgan fingerprint density at radius 3 is 2.53 bits per heavy atom. The quantitative estimate of drug-likeness (QED) is 0.406. The Morgan fingerprint density at radius 1 is 1.10 bits per heavy atom. The molecule has 0 unspecified atom stereocenters. The molecule has 0 N–H and O–H groups in total. The van der Waals surface area contributed by atoms with E-state index in [9.17, 15) is 17.6 Å². The monoisotopic (exact) mass is 459 g/mol. The van der Waals surface area contributed by atoms with Crippen LogP contribution in [0.1, 0.15) is 5.69 Å². The molecule has 12 heteroatoms. The van der Waals surface area contributed by atoms with Crippen LogP contribution in [-0.4, -0.2) is 52.2 Å². The van der Waals surface area contributed by atoms with Gasteiger partial charge in [0.15, 0.2) is 5.16 Å². The molecule has 0 bridgehead atoms. The molecule has 0 radical (unpaired) electrons. The summed E-state index contributed by atoms with van der Waals surface area (Å²) in [5, 5.41) is 10.7. The van der Waals surface area contributed by atoms with Gasteiger partial charge in [-0.05, 0) is 24.3 Å². The summed E-state index contributed by atoms with van der Waals surface area (Å²) < 4.78 is 58.9. The van der Waals surface area contributed by atoms with Crippen molar-refractivity contribution in [2.75, 3.05) is 31.2 Å². The topological polar surface area (TPSA) is 56.1 Å². The van der Waals surface area contributed by atoms with Crippen molar-refractivity contribution < 1.29 is 22.3 Å². The zero-order valence-corrected chi connectivity index (χ0v) is 17.2. The number of anilines is 1. The van der Waals surface area contributed by atoms with Gasteiger partial charge in [0.05, 0.1) is 18.9 Å². The van der Waals surface area contributed by atoms with Gasteiger partial charge >= 0.3 is 6.18 Å². The van der Waals surface area contributed by atoms with E-state index in [1.165, 1.54) is 23.5 Å². The maximum Gasteiger partial charge on any atom is 0.406 e. The molecule has 30 heavy (non-hydrogen) atoms. The lowest BCUT2D eigenvalue weighted by molar-refractivity contribution is -0.141. The van der Waals surface area contributed by atoms with E-state index in [4.69, 9.17) is 4.74 Å². The normalized spacial score (nSPS) is 15.0. The number of morpholine rings is 1. The number of thiazole rings is 1. The molecular formula is C18H17F4N5OS2. The molecule has 1 fully saturated rings. The molecule has 2 aromatic heterocycles. The van der Waals surface area contributed by atoms with Crippen LogP contribution in [-0.2, 0) is 17.0 Å². The highest BCUT2D eigenvalue weighted by molar-refractivity contribution is 7.98. The fourth-order valence-electron chi connectivity index (χ4n) is 2.94. The maximum absolute atomic E-state index is 13.2. The second-order valence-corrected chi connectivity index (χ2v) is 8.32. The van der Waals surface area contributed by atoms with Crippen LogP contribution in [0.2, 0.25) is 0 Å². The van der Waals surface area contributed by atoms with E-state index in [2.05, 4.69) is 15.2 Å². The number of halogens is 4. The minimum Gasteiger partial charge on any atom is -0.378 e. The Bertz CT molecular complexity index is 983. The number of aromatic nitrogens is 4. The molecule has 1 aliphatic heterocycles. The van der Waals surface area contributed by atoms with Crippen LogP contribution in [0.3, 0.4) is 0 Å². The van der Waals surface area contributed by atoms with Gasteiger partial charge in [-0.2, -0.15) is 13.2 Å². The standard InChI is InChI=1S/C18H17F4N5OS2/c19-13-3-1-12(2-4-13)15-23-14(9-29-15)10-30-17-25-24-16(26-5-7-28-8-6-26)27(17)11-18(20,21)22/h1-4,9H,5-8,10-11H2. The number of rotatable bonds is 6. The van der Waals surface area contributed by atoms with E-state index in [0.717, 1.165) is 26.9 Å². The second-order valence-electron chi connectivity index (χ2n) is 6.52. The van der Waals surface area contributed by atoms with Crippen molar-refractivity contribution in [1.29, 1.82) is 0 Å². The molecule has 3 heterocycles. The lowest BCUT2D eigenvalue weighted by Crippen LogP contribution is -2.38. The van der Waals surface area contributed by atoms with Crippen molar-refractivity contribution in [1.82, 2.24) is 19.7 Å². The molecule has 0 amide bonds. The molecule has 1 aromatic carbocycles. The Labute approximate surface area is 177 Å². The molecular weight excluding hydrogens is 442 g/mol. The van der Waals surface area contributed by atoms with Crippen molar-refractivity contribution in [2.24, 2.45) is 0 Å². The van der Waals surface area contributed by atoms with Crippen molar-refractivity contribution in [3.8, 4) is 10.6 Å². The van der Waals surface area contributed by atoms with Gasteiger partial charge in [-0.1, -0.05) is 11.8 Å². The summed E-state index contributed by atoms with van der Waals surface area (Å²) in [6.45, 7) is 0.646. The second kappa shape index (κ2) is 8.90.